The first-order valence-corrected chi connectivity index (χ1v) is 7.31. The van der Waals surface area contributed by atoms with Gasteiger partial charge in [0.2, 0.25) is 10.0 Å². The van der Waals surface area contributed by atoms with Crippen LogP contribution in [0.2, 0.25) is 0 Å². The zero-order valence-corrected chi connectivity index (χ0v) is 11.3. The van der Waals surface area contributed by atoms with Crippen LogP contribution in [0.3, 0.4) is 0 Å². The fraction of sp³-hybridized carbons (Fsp3) is 0.700. The van der Waals surface area contributed by atoms with Crippen LogP contribution in [0.1, 0.15) is 17.8 Å². The molecular formula is C10H18N4O3S. The van der Waals surface area contributed by atoms with Gasteiger partial charge in [0, 0.05) is 19.2 Å². The van der Waals surface area contributed by atoms with Gasteiger partial charge < -0.3 is 10.1 Å². The van der Waals surface area contributed by atoms with E-state index in [9.17, 15) is 8.42 Å². The fourth-order valence-corrected chi connectivity index (χ4v) is 3.64. The second kappa shape index (κ2) is 5.35. The fourth-order valence-electron chi connectivity index (χ4n) is 2.02. The van der Waals surface area contributed by atoms with E-state index in [0.717, 1.165) is 0 Å². The number of aryl methyl sites for hydroxylation is 1. The standard InChI is InChI=1S/C10H18N4O3S/c1-7-10(9(5-11-2)13-12-7)18(15,16)14-8-3-4-17-6-8/h8,11,14H,3-6H2,1-2H3,(H,12,13). The van der Waals surface area contributed by atoms with Crippen LogP contribution in [0.5, 0.6) is 0 Å². The molecule has 102 valence electrons. The first kappa shape index (κ1) is 13.5. The van der Waals surface area contributed by atoms with Crippen LogP contribution < -0.4 is 10.0 Å². The minimum atomic E-state index is -3.55. The van der Waals surface area contributed by atoms with E-state index in [2.05, 4.69) is 20.2 Å². The Bertz CT molecular complexity index is 505. The highest BCUT2D eigenvalue weighted by atomic mass is 32.2. The lowest BCUT2D eigenvalue weighted by molar-refractivity contribution is 0.192. The molecule has 1 aliphatic heterocycles. The molecule has 1 fully saturated rings. The molecule has 1 aliphatic rings. The van der Waals surface area contributed by atoms with Gasteiger partial charge in [-0.25, -0.2) is 13.1 Å². The van der Waals surface area contributed by atoms with Crippen LogP contribution in [0, 0.1) is 6.92 Å². The summed E-state index contributed by atoms with van der Waals surface area (Å²) in [4.78, 5) is 0.240. The number of sulfonamides is 1. The predicted octanol–water partition coefficient (Wildman–Crippen LogP) is -0.495. The average molecular weight is 274 g/mol. The lowest BCUT2D eigenvalue weighted by Gasteiger charge is -2.12. The molecule has 1 unspecified atom stereocenters. The summed E-state index contributed by atoms with van der Waals surface area (Å²) in [6, 6.07) is -0.147. The molecular weight excluding hydrogens is 256 g/mol. The molecule has 0 amide bonds. The van der Waals surface area contributed by atoms with E-state index >= 15 is 0 Å². The quantitative estimate of drug-likeness (QED) is 0.673. The number of nitrogens with one attached hydrogen (secondary N) is 3. The van der Waals surface area contributed by atoms with E-state index in [-0.39, 0.29) is 10.9 Å². The number of H-pyrrole nitrogens is 1. The minimum Gasteiger partial charge on any atom is -0.380 e. The third kappa shape index (κ3) is 2.72. The van der Waals surface area contributed by atoms with Gasteiger partial charge in [-0.05, 0) is 20.4 Å². The van der Waals surface area contributed by atoms with Crippen molar-refractivity contribution < 1.29 is 13.2 Å². The zero-order valence-electron chi connectivity index (χ0n) is 10.5. The smallest absolute Gasteiger partial charge is 0.244 e. The number of rotatable bonds is 5. The molecule has 8 heteroatoms. The van der Waals surface area contributed by atoms with E-state index in [1.54, 1.807) is 14.0 Å². The Morgan fingerprint density at radius 2 is 2.33 bits per heavy atom. The monoisotopic (exact) mass is 274 g/mol. The molecule has 0 radical (unpaired) electrons. The molecule has 0 aliphatic carbocycles. The summed E-state index contributed by atoms with van der Waals surface area (Å²) >= 11 is 0. The lowest BCUT2D eigenvalue weighted by Crippen LogP contribution is -2.35. The molecule has 1 saturated heterocycles. The summed E-state index contributed by atoms with van der Waals surface area (Å²) in [6.07, 6.45) is 0.706. The van der Waals surface area contributed by atoms with E-state index in [1.807, 2.05) is 0 Å². The van der Waals surface area contributed by atoms with E-state index < -0.39 is 10.0 Å². The molecule has 1 atom stereocenters. The number of nitrogens with zero attached hydrogens (tertiary/aromatic N) is 1. The number of hydrogen-bond acceptors (Lipinski definition) is 5. The molecule has 3 N–H and O–H groups in total. The number of hydrogen-bond donors (Lipinski definition) is 3. The third-order valence-electron chi connectivity index (χ3n) is 2.83. The summed E-state index contributed by atoms with van der Waals surface area (Å²) in [5, 5.41) is 9.63. The molecule has 0 aromatic carbocycles. The zero-order chi connectivity index (χ0) is 13.2. The van der Waals surface area contributed by atoms with Crippen molar-refractivity contribution in [1.29, 1.82) is 0 Å². The van der Waals surface area contributed by atoms with Crippen molar-refractivity contribution in [3.8, 4) is 0 Å². The predicted molar refractivity (Wildman–Crippen MR) is 65.6 cm³/mol. The maximum atomic E-state index is 12.3. The van der Waals surface area contributed by atoms with E-state index in [1.165, 1.54) is 0 Å². The van der Waals surface area contributed by atoms with Gasteiger partial charge in [0.15, 0.2) is 0 Å². The van der Waals surface area contributed by atoms with Crippen LogP contribution in [-0.2, 0) is 21.3 Å². The molecule has 2 rings (SSSR count). The molecule has 0 saturated carbocycles. The topological polar surface area (TPSA) is 96.1 Å². The van der Waals surface area contributed by atoms with Crippen LogP contribution in [0.15, 0.2) is 4.90 Å². The van der Waals surface area contributed by atoms with Gasteiger partial charge in [0.25, 0.3) is 0 Å². The minimum absolute atomic E-state index is 0.147. The van der Waals surface area contributed by atoms with Gasteiger partial charge in [-0.15, -0.1) is 0 Å². The maximum absolute atomic E-state index is 12.3. The van der Waals surface area contributed by atoms with Gasteiger partial charge in [-0.3, -0.25) is 5.10 Å². The molecule has 2 heterocycles. The Labute approximate surface area is 106 Å². The van der Waals surface area contributed by atoms with Crippen molar-refractivity contribution in [3.05, 3.63) is 11.4 Å². The molecule has 0 bridgehead atoms. The summed E-state index contributed by atoms with van der Waals surface area (Å²) in [5.74, 6) is 0. The van der Waals surface area contributed by atoms with Crippen molar-refractivity contribution >= 4 is 10.0 Å². The van der Waals surface area contributed by atoms with Gasteiger partial charge in [-0.1, -0.05) is 0 Å². The molecule has 18 heavy (non-hydrogen) atoms. The first-order chi connectivity index (χ1) is 8.54. The van der Waals surface area contributed by atoms with Gasteiger partial charge in [-0.2, -0.15) is 5.10 Å². The highest BCUT2D eigenvalue weighted by Crippen LogP contribution is 2.19. The Hall–Kier alpha value is -0.960. The van der Waals surface area contributed by atoms with Crippen LogP contribution >= 0.6 is 0 Å². The highest BCUT2D eigenvalue weighted by Gasteiger charge is 2.28. The number of ether oxygens (including phenoxy) is 1. The van der Waals surface area contributed by atoms with Gasteiger partial charge in [0.05, 0.1) is 18.0 Å². The molecule has 1 aromatic rings. The highest BCUT2D eigenvalue weighted by molar-refractivity contribution is 7.89. The Morgan fingerprint density at radius 3 is 2.94 bits per heavy atom. The van der Waals surface area contributed by atoms with Crippen molar-refractivity contribution in [2.45, 2.75) is 30.8 Å². The van der Waals surface area contributed by atoms with Crippen molar-refractivity contribution in [3.63, 3.8) is 0 Å². The SMILES string of the molecule is CNCc1n[nH]c(C)c1S(=O)(=O)NC1CCOC1. The maximum Gasteiger partial charge on any atom is 0.244 e. The van der Waals surface area contributed by atoms with Crippen LogP contribution in [0.4, 0.5) is 0 Å². The van der Waals surface area contributed by atoms with Crippen LogP contribution in [0.25, 0.3) is 0 Å². The van der Waals surface area contributed by atoms with Crippen LogP contribution in [-0.4, -0.2) is 44.9 Å². The summed E-state index contributed by atoms with van der Waals surface area (Å²) in [6.45, 7) is 3.13. The first-order valence-electron chi connectivity index (χ1n) is 5.83. The average Bonchev–Trinajstić information content (AvgIpc) is 2.89. The van der Waals surface area contributed by atoms with E-state index in [4.69, 9.17) is 4.74 Å². The summed E-state index contributed by atoms with van der Waals surface area (Å²) in [5.41, 5.74) is 1.05. The van der Waals surface area contributed by atoms with Gasteiger partial charge >= 0.3 is 0 Å². The second-order valence-electron chi connectivity index (χ2n) is 4.34. The number of aromatic amines is 1. The Morgan fingerprint density at radius 1 is 1.56 bits per heavy atom. The Kier molecular flexibility index (Phi) is 4.00. The summed E-state index contributed by atoms with van der Waals surface area (Å²) < 4.78 is 32.4. The second-order valence-corrected chi connectivity index (χ2v) is 5.99. The molecule has 1 aromatic heterocycles. The van der Waals surface area contributed by atoms with Crippen molar-refractivity contribution in [2.24, 2.45) is 0 Å². The van der Waals surface area contributed by atoms with Gasteiger partial charge in [0.1, 0.15) is 4.90 Å². The van der Waals surface area contributed by atoms with Crippen molar-refractivity contribution in [2.75, 3.05) is 20.3 Å². The molecule has 0 spiro atoms. The normalized spacial score (nSPS) is 20.4. The lowest BCUT2D eigenvalue weighted by atomic mass is 10.3. The molecule has 7 nitrogen and oxygen atoms in total. The Balaban J connectivity index is 2.25. The van der Waals surface area contributed by atoms with Crippen molar-refractivity contribution in [1.82, 2.24) is 20.2 Å². The third-order valence-corrected chi connectivity index (χ3v) is 4.55. The largest absolute Gasteiger partial charge is 0.380 e. The number of aromatic nitrogens is 2. The summed E-state index contributed by atoms with van der Waals surface area (Å²) in [7, 11) is -1.80. The van der Waals surface area contributed by atoms with E-state index in [0.29, 0.717) is 37.6 Å².